The topological polar surface area (TPSA) is 95.7 Å². The number of halogens is 1. The smallest absolute Gasteiger partial charge is 0.282 e. The summed E-state index contributed by atoms with van der Waals surface area (Å²) in [5.41, 5.74) is 9.12. The Morgan fingerprint density at radius 1 is 1.12 bits per heavy atom. The number of benzene rings is 2. The zero-order valence-electron chi connectivity index (χ0n) is 13.2. The summed E-state index contributed by atoms with van der Waals surface area (Å²) in [5, 5.41) is 12.7. The number of rotatable bonds is 3. The van der Waals surface area contributed by atoms with E-state index in [-0.39, 0.29) is 5.89 Å². The van der Waals surface area contributed by atoms with Crippen LogP contribution in [0.3, 0.4) is 0 Å². The molecule has 2 N–H and O–H groups in total. The third-order valence-electron chi connectivity index (χ3n) is 3.77. The summed E-state index contributed by atoms with van der Waals surface area (Å²) in [6, 6.07) is 14.9. The first-order valence-electron chi connectivity index (χ1n) is 7.50. The molecular formula is C17H13ClN6O. The molecule has 25 heavy (non-hydrogen) atoms. The zero-order chi connectivity index (χ0) is 17.4. The van der Waals surface area contributed by atoms with Gasteiger partial charge in [0, 0.05) is 10.6 Å². The third kappa shape index (κ3) is 2.74. The van der Waals surface area contributed by atoms with E-state index in [1.165, 1.54) is 4.68 Å². The first-order chi connectivity index (χ1) is 12.1. The third-order valence-corrected chi connectivity index (χ3v) is 4.01. The van der Waals surface area contributed by atoms with Crippen LogP contribution in [-0.4, -0.2) is 25.1 Å². The monoisotopic (exact) mass is 352 g/mol. The molecule has 0 aliphatic rings. The number of anilines is 1. The predicted molar refractivity (Wildman–Crippen MR) is 94.2 cm³/mol. The molecule has 0 amide bonds. The fourth-order valence-electron chi connectivity index (χ4n) is 2.49. The van der Waals surface area contributed by atoms with Gasteiger partial charge in [-0.2, -0.15) is 9.67 Å². The van der Waals surface area contributed by atoms with E-state index in [0.717, 1.165) is 11.1 Å². The highest BCUT2D eigenvalue weighted by molar-refractivity contribution is 6.30. The van der Waals surface area contributed by atoms with E-state index in [0.29, 0.717) is 28.0 Å². The van der Waals surface area contributed by atoms with Gasteiger partial charge < -0.3 is 10.3 Å². The van der Waals surface area contributed by atoms with Gasteiger partial charge in [0.1, 0.15) is 0 Å². The Bertz CT molecular complexity index is 1050. The number of hydrogen-bond donors (Lipinski definition) is 1. The SMILES string of the molecule is Cc1ccccc1-c1noc(-c2nnn(-c3cccc(Cl)c3)c2N)n1. The summed E-state index contributed by atoms with van der Waals surface area (Å²) >= 11 is 6.01. The van der Waals surface area contributed by atoms with Crippen molar-refractivity contribution in [3.8, 4) is 28.7 Å². The number of nitrogens with zero attached hydrogens (tertiary/aromatic N) is 5. The standard InChI is InChI=1S/C17H13ClN6O/c1-10-5-2-3-8-13(10)16-20-17(25-22-16)14-15(19)24(23-21-14)12-7-4-6-11(18)9-12/h2-9H,19H2,1H3. The summed E-state index contributed by atoms with van der Waals surface area (Å²) in [7, 11) is 0. The minimum absolute atomic E-state index is 0.212. The van der Waals surface area contributed by atoms with Crippen molar-refractivity contribution in [2.24, 2.45) is 0 Å². The Hall–Kier alpha value is -3.19. The Morgan fingerprint density at radius 2 is 1.96 bits per heavy atom. The Morgan fingerprint density at radius 3 is 2.76 bits per heavy atom. The molecule has 4 rings (SSSR count). The van der Waals surface area contributed by atoms with E-state index in [1.807, 2.05) is 37.3 Å². The molecule has 0 atom stereocenters. The molecule has 7 nitrogen and oxygen atoms in total. The van der Waals surface area contributed by atoms with Crippen LogP contribution in [0.1, 0.15) is 5.56 Å². The number of hydrogen-bond acceptors (Lipinski definition) is 6. The second kappa shape index (κ2) is 6.03. The fraction of sp³-hybridized carbons (Fsp3) is 0.0588. The maximum absolute atomic E-state index is 6.16. The van der Waals surface area contributed by atoms with Crippen molar-refractivity contribution in [3.63, 3.8) is 0 Å². The zero-order valence-corrected chi connectivity index (χ0v) is 14.0. The Kier molecular flexibility index (Phi) is 3.70. The lowest BCUT2D eigenvalue weighted by molar-refractivity contribution is 0.431. The van der Waals surface area contributed by atoms with Crippen molar-refractivity contribution in [3.05, 3.63) is 59.1 Å². The number of aryl methyl sites for hydroxylation is 1. The van der Waals surface area contributed by atoms with Crippen LogP contribution in [-0.2, 0) is 0 Å². The number of aromatic nitrogens is 5. The van der Waals surface area contributed by atoms with E-state index >= 15 is 0 Å². The van der Waals surface area contributed by atoms with Crippen LogP contribution in [0.15, 0.2) is 53.1 Å². The number of nitrogen functional groups attached to an aromatic ring is 1. The summed E-state index contributed by atoms with van der Waals surface area (Å²) in [4.78, 5) is 4.40. The van der Waals surface area contributed by atoms with Crippen molar-refractivity contribution in [2.75, 3.05) is 5.73 Å². The quantitative estimate of drug-likeness (QED) is 0.606. The predicted octanol–water partition coefficient (Wildman–Crippen LogP) is 3.53. The number of nitrogens with two attached hydrogens (primary N) is 1. The van der Waals surface area contributed by atoms with Gasteiger partial charge in [0.05, 0.1) is 5.69 Å². The molecule has 0 saturated heterocycles. The van der Waals surface area contributed by atoms with Crippen molar-refractivity contribution < 1.29 is 4.52 Å². The van der Waals surface area contributed by atoms with E-state index in [2.05, 4.69) is 20.5 Å². The lowest BCUT2D eigenvalue weighted by Crippen LogP contribution is -2.02. The molecule has 0 aliphatic carbocycles. The van der Waals surface area contributed by atoms with Crippen LogP contribution < -0.4 is 5.73 Å². The highest BCUT2D eigenvalue weighted by Crippen LogP contribution is 2.27. The van der Waals surface area contributed by atoms with Gasteiger partial charge in [0.2, 0.25) is 5.82 Å². The second-order valence-electron chi connectivity index (χ2n) is 5.45. The van der Waals surface area contributed by atoms with Crippen LogP contribution in [0.25, 0.3) is 28.7 Å². The van der Waals surface area contributed by atoms with Crippen LogP contribution in [0.2, 0.25) is 5.02 Å². The maximum Gasteiger partial charge on any atom is 0.282 e. The molecule has 0 radical (unpaired) electrons. The largest absolute Gasteiger partial charge is 0.382 e. The molecule has 2 aromatic carbocycles. The van der Waals surface area contributed by atoms with Crippen LogP contribution >= 0.6 is 11.6 Å². The molecular weight excluding hydrogens is 340 g/mol. The van der Waals surface area contributed by atoms with Crippen LogP contribution in [0, 0.1) is 6.92 Å². The van der Waals surface area contributed by atoms with Crippen molar-refractivity contribution in [1.29, 1.82) is 0 Å². The molecule has 4 aromatic rings. The van der Waals surface area contributed by atoms with Crippen molar-refractivity contribution >= 4 is 17.4 Å². The van der Waals surface area contributed by atoms with Crippen molar-refractivity contribution in [2.45, 2.75) is 6.92 Å². The molecule has 2 heterocycles. The molecule has 0 bridgehead atoms. The molecule has 0 spiro atoms. The highest BCUT2D eigenvalue weighted by atomic mass is 35.5. The minimum Gasteiger partial charge on any atom is -0.382 e. The van der Waals surface area contributed by atoms with Gasteiger partial charge in [0.15, 0.2) is 11.5 Å². The lowest BCUT2D eigenvalue weighted by Gasteiger charge is -2.02. The van der Waals surface area contributed by atoms with Gasteiger partial charge in [-0.1, -0.05) is 52.3 Å². The Labute approximate surface area is 148 Å². The van der Waals surface area contributed by atoms with E-state index in [9.17, 15) is 0 Å². The normalized spacial score (nSPS) is 11.0. The molecule has 8 heteroatoms. The van der Waals surface area contributed by atoms with E-state index < -0.39 is 0 Å². The molecule has 0 aliphatic heterocycles. The summed E-state index contributed by atoms with van der Waals surface area (Å²) in [6.07, 6.45) is 0. The molecule has 0 unspecified atom stereocenters. The summed E-state index contributed by atoms with van der Waals surface area (Å²) in [5.74, 6) is 0.982. The minimum atomic E-state index is 0.212. The molecule has 124 valence electrons. The lowest BCUT2D eigenvalue weighted by atomic mass is 10.1. The van der Waals surface area contributed by atoms with Gasteiger partial charge in [-0.15, -0.1) is 5.10 Å². The van der Waals surface area contributed by atoms with Crippen LogP contribution in [0.5, 0.6) is 0 Å². The second-order valence-corrected chi connectivity index (χ2v) is 5.89. The van der Waals surface area contributed by atoms with E-state index in [4.69, 9.17) is 21.9 Å². The van der Waals surface area contributed by atoms with Gasteiger partial charge in [0.25, 0.3) is 5.89 Å². The average Bonchev–Trinajstić information content (AvgIpc) is 3.22. The maximum atomic E-state index is 6.16. The van der Waals surface area contributed by atoms with Gasteiger partial charge in [-0.25, -0.2) is 0 Å². The fourth-order valence-corrected chi connectivity index (χ4v) is 2.68. The van der Waals surface area contributed by atoms with Gasteiger partial charge in [-0.3, -0.25) is 0 Å². The van der Waals surface area contributed by atoms with Gasteiger partial charge in [-0.05, 0) is 30.7 Å². The molecule has 0 saturated carbocycles. The Balaban J connectivity index is 1.74. The summed E-state index contributed by atoms with van der Waals surface area (Å²) in [6.45, 7) is 1.98. The van der Waals surface area contributed by atoms with Crippen molar-refractivity contribution in [1.82, 2.24) is 25.1 Å². The molecule has 0 fully saturated rings. The van der Waals surface area contributed by atoms with Gasteiger partial charge >= 0.3 is 0 Å². The first-order valence-corrected chi connectivity index (χ1v) is 7.88. The molecule has 2 aromatic heterocycles. The summed E-state index contributed by atoms with van der Waals surface area (Å²) < 4.78 is 6.80. The van der Waals surface area contributed by atoms with Crippen LogP contribution in [0.4, 0.5) is 5.82 Å². The highest BCUT2D eigenvalue weighted by Gasteiger charge is 2.20. The van der Waals surface area contributed by atoms with E-state index in [1.54, 1.807) is 18.2 Å². The average molecular weight is 353 g/mol. The first kappa shape index (κ1) is 15.3.